The zero-order valence-corrected chi connectivity index (χ0v) is 8.33. The van der Waals surface area contributed by atoms with E-state index in [0.29, 0.717) is 12.0 Å². The highest BCUT2D eigenvalue weighted by Gasteiger charge is 2.18. The number of nitrogens with zero attached hydrogens (tertiary/aromatic N) is 2. The molecule has 1 aromatic heterocycles. The Morgan fingerprint density at radius 1 is 1.62 bits per heavy atom. The number of hydrogen-bond donors (Lipinski definition) is 1. The second kappa shape index (κ2) is 3.50. The zero-order chi connectivity index (χ0) is 9.26. The molecule has 2 heterocycles. The predicted molar refractivity (Wildman–Crippen MR) is 52.8 cm³/mol. The molecule has 1 saturated heterocycles. The fraction of sp³-hybridized carbons (Fsp3) is 0.700. The van der Waals surface area contributed by atoms with Crippen LogP contribution in [-0.4, -0.2) is 22.9 Å². The third kappa shape index (κ3) is 1.75. The normalized spacial score (nSPS) is 22.8. The summed E-state index contributed by atoms with van der Waals surface area (Å²) >= 11 is 0. The maximum atomic E-state index is 4.35. The standard InChI is InChI=1S/C10H17N3/c1-8(2)13-7-10(6-12-13)9-3-4-11-5-9/h6-9,11H,3-5H2,1-2H3/t9-/m1/s1. The molecule has 3 nitrogen and oxygen atoms in total. The van der Waals surface area contributed by atoms with E-state index >= 15 is 0 Å². The van der Waals surface area contributed by atoms with E-state index in [-0.39, 0.29) is 0 Å². The van der Waals surface area contributed by atoms with Crippen LogP contribution in [0, 0.1) is 0 Å². The Labute approximate surface area is 79.1 Å². The molecule has 0 amide bonds. The monoisotopic (exact) mass is 179 g/mol. The van der Waals surface area contributed by atoms with E-state index < -0.39 is 0 Å². The summed E-state index contributed by atoms with van der Waals surface area (Å²) in [7, 11) is 0. The Bertz CT molecular complexity index is 271. The second-order valence-corrected chi connectivity index (χ2v) is 4.04. The van der Waals surface area contributed by atoms with Gasteiger partial charge in [0.1, 0.15) is 0 Å². The van der Waals surface area contributed by atoms with Crippen LogP contribution in [0.4, 0.5) is 0 Å². The van der Waals surface area contributed by atoms with Crippen molar-refractivity contribution < 1.29 is 0 Å². The molecule has 0 bridgehead atoms. The van der Waals surface area contributed by atoms with Gasteiger partial charge in [-0.3, -0.25) is 4.68 Å². The Kier molecular flexibility index (Phi) is 2.36. The molecule has 3 heteroatoms. The minimum Gasteiger partial charge on any atom is -0.316 e. The second-order valence-electron chi connectivity index (χ2n) is 4.04. The molecule has 1 aromatic rings. The minimum absolute atomic E-state index is 0.475. The van der Waals surface area contributed by atoms with Crippen LogP contribution in [0.3, 0.4) is 0 Å². The third-order valence-corrected chi connectivity index (χ3v) is 2.68. The van der Waals surface area contributed by atoms with Gasteiger partial charge in [0.2, 0.25) is 0 Å². The number of aromatic nitrogens is 2. The quantitative estimate of drug-likeness (QED) is 0.746. The van der Waals surface area contributed by atoms with E-state index in [4.69, 9.17) is 0 Å². The predicted octanol–water partition coefficient (Wildman–Crippen LogP) is 1.54. The fourth-order valence-electron chi connectivity index (χ4n) is 1.79. The van der Waals surface area contributed by atoms with Gasteiger partial charge in [-0.25, -0.2) is 0 Å². The summed E-state index contributed by atoms with van der Waals surface area (Å²) in [5, 5.41) is 7.72. The minimum atomic E-state index is 0.475. The molecular weight excluding hydrogens is 162 g/mol. The Morgan fingerprint density at radius 3 is 3.00 bits per heavy atom. The van der Waals surface area contributed by atoms with E-state index in [9.17, 15) is 0 Å². The average molecular weight is 179 g/mol. The summed E-state index contributed by atoms with van der Waals surface area (Å²) < 4.78 is 2.04. The van der Waals surface area contributed by atoms with Gasteiger partial charge in [-0.2, -0.15) is 5.10 Å². The highest BCUT2D eigenvalue weighted by Crippen LogP contribution is 2.22. The van der Waals surface area contributed by atoms with Crippen molar-refractivity contribution in [3.8, 4) is 0 Å². The lowest BCUT2D eigenvalue weighted by molar-refractivity contribution is 0.531. The summed E-state index contributed by atoms with van der Waals surface area (Å²) in [4.78, 5) is 0. The summed E-state index contributed by atoms with van der Waals surface area (Å²) in [5.41, 5.74) is 1.39. The molecule has 0 aromatic carbocycles. The molecule has 0 saturated carbocycles. The lowest BCUT2D eigenvalue weighted by Gasteiger charge is -2.05. The van der Waals surface area contributed by atoms with Crippen LogP contribution in [-0.2, 0) is 0 Å². The first-order valence-electron chi connectivity index (χ1n) is 5.02. The van der Waals surface area contributed by atoms with Crippen LogP contribution < -0.4 is 5.32 Å². The van der Waals surface area contributed by atoms with Gasteiger partial charge >= 0.3 is 0 Å². The maximum Gasteiger partial charge on any atom is 0.0525 e. The van der Waals surface area contributed by atoms with Crippen LogP contribution in [0.25, 0.3) is 0 Å². The topological polar surface area (TPSA) is 29.9 Å². The van der Waals surface area contributed by atoms with Crippen molar-refractivity contribution >= 4 is 0 Å². The SMILES string of the molecule is CC(C)n1cc([C@@H]2CCNC2)cn1. The number of nitrogens with one attached hydrogen (secondary N) is 1. The fourth-order valence-corrected chi connectivity index (χ4v) is 1.79. The average Bonchev–Trinajstić information content (AvgIpc) is 2.75. The van der Waals surface area contributed by atoms with E-state index in [0.717, 1.165) is 13.1 Å². The van der Waals surface area contributed by atoms with Gasteiger partial charge in [0.15, 0.2) is 0 Å². The van der Waals surface area contributed by atoms with Crippen molar-refractivity contribution in [1.29, 1.82) is 0 Å². The smallest absolute Gasteiger partial charge is 0.0525 e. The highest BCUT2D eigenvalue weighted by molar-refractivity contribution is 5.13. The van der Waals surface area contributed by atoms with Gasteiger partial charge in [-0.15, -0.1) is 0 Å². The molecule has 1 aliphatic heterocycles. The van der Waals surface area contributed by atoms with E-state index in [1.165, 1.54) is 12.0 Å². The first kappa shape index (κ1) is 8.75. The lowest BCUT2D eigenvalue weighted by Crippen LogP contribution is -2.07. The molecule has 72 valence electrons. The highest BCUT2D eigenvalue weighted by atomic mass is 15.3. The first-order chi connectivity index (χ1) is 6.27. The third-order valence-electron chi connectivity index (χ3n) is 2.68. The summed E-state index contributed by atoms with van der Waals surface area (Å²) in [6, 6.07) is 0.475. The Hall–Kier alpha value is -0.830. The van der Waals surface area contributed by atoms with E-state index in [1.54, 1.807) is 0 Å². The van der Waals surface area contributed by atoms with Crippen LogP contribution in [0.15, 0.2) is 12.4 Å². The Balaban J connectivity index is 2.12. The molecule has 0 aliphatic carbocycles. The molecule has 1 atom stereocenters. The van der Waals surface area contributed by atoms with Gasteiger partial charge < -0.3 is 5.32 Å². The van der Waals surface area contributed by atoms with Crippen molar-refractivity contribution in [2.24, 2.45) is 0 Å². The zero-order valence-electron chi connectivity index (χ0n) is 8.33. The first-order valence-corrected chi connectivity index (χ1v) is 5.02. The molecular formula is C10H17N3. The van der Waals surface area contributed by atoms with Crippen molar-refractivity contribution in [2.45, 2.75) is 32.2 Å². The van der Waals surface area contributed by atoms with E-state index in [1.807, 2.05) is 10.9 Å². The van der Waals surface area contributed by atoms with Crippen molar-refractivity contribution in [1.82, 2.24) is 15.1 Å². The van der Waals surface area contributed by atoms with Gasteiger partial charge in [0.25, 0.3) is 0 Å². The van der Waals surface area contributed by atoms with Crippen molar-refractivity contribution in [3.63, 3.8) is 0 Å². The largest absolute Gasteiger partial charge is 0.316 e. The molecule has 13 heavy (non-hydrogen) atoms. The summed E-state index contributed by atoms with van der Waals surface area (Å²) in [5.74, 6) is 0.687. The summed E-state index contributed by atoms with van der Waals surface area (Å²) in [6.07, 6.45) is 5.45. The molecule has 1 N–H and O–H groups in total. The van der Waals surface area contributed by atoms with Crippen molar-refractivity contribution in [2.75, 3.05) is 13.1 Å². The number of hydrogen-bond acceptors (Lipinski definition) is 2. The van der Waals surface area contributed by atoms with Crippen LogP contribution in [0.1, 0.15) is 37.8 Å². The molecule has 2 rings (SSSR count). The van der Waals surface area contributed by atoms with Gasteiger partial charge in [-0.1, -0.05) is 0 Å². The van der Waals surface area contributed by atoms with Crippen LogP contribution >= 0.6 is 0 Å². The van der Waals surface area contributed by atoms with Gasteiger partial charge in [0.05, 0.1) is 6.20 Å². The molecule has 1 aliphatic rings. The van der Waals surface area contributed by atoms with E-state index in [2.05, 4.69) is 30.5 Å². The maximum absolute atomic E-state index is 4.35. The molecule has 0 unspecified atom stereocenters. The molecule has 0 radical (unpaired) electrons. The van der Waals surface area contributed by atoms with Crippen molar-refractivity contribution in [3.05, 3.63) is 18.0 Å². The number of rotatable bonds is 2. The molecule has 1 fully saturated rings. The van der Waals surface area contributed by atoms with Crippen LogP contribution in [0.2, 0.25) is 0 Å². The Morgan fingerprint density at radius 2 is 2.46 bits per heavy atom. The lowest BCUT2D eigenvalue weighted by atomic mass is 10.0. The molecule has 0 spiro atoms. The van der Waals surface area contributed by atoms with Gasteiger partial charge in [-0.05, 0) is 32.4 Å². The summed E-state index contributed by atoms with van der Waals surface area (Å²) in [6.45, 7) is 6.58. The van der Waals surface area contributed by atoms with Crippen LogP contribution in [0.5, 0.6) is 0 Å². The van der Waals surface area contributed by atoms with Gasteiger partial charge in [0, 0.05) is 24.7 Å².